The van der Waals surface area contributed by atoms with Crippen molar-refractivity contribution in [3.05, 3.63) is 60.4 Å². The van der Waals surface area contributed by atoms with Gasteiger partial charge in [-0.2, -0.15) is 5.10 Å². The molecule has 2 heterocycles. The molecule has 10 heteroatoms. The number of aliphatic carboxylic acids is 1. The molecule has 186 valence electrons. The Morgan fingerprint density at radius 2 is 1.75 bits per heavy atom. The van der Waals surface area contributed by atoms with Crippen molar-refractivity contribution in [3.8, 4) is 22.8 Å². The highest BCUT2D eigenvalue weighted by molar-refractivity contribution is 5.98. The highest BCUT2D eigenvalue weighted by atomic mass is 16.5. The average molecular weight is 489 g/mol. The summed E-state index contributed by atoms with van der Waals surface area (Å²) in [6.07, 6.45) is 1.83. The summed E-state index contributed by atoms with van der Waals surface area (Å²) in [6.45, 7) is 3.98. The van der Waals surface area contributed by atoms with Crippen molar-refractivity contribution < 1.29 is 19.4 Å². The number of carboxylic acid groups (broad SMARTS) is 1. The number of fused-ring (bicyclic) bond motifs is 1. The molecular formula is C26H28N6O4. The zero-order chi connectivity index (χ0) is 25.7. The lowest BCUT2D eigenvalue weighted by Gasteiger charge is -2.18. The second kappa shape index (κ2) is 10.9. The fourth-order valence-corrected chi connectivity index (χ4v) is 3.83. The second-order valence-corrected chi connectivity index (χ2v) is 8.43. The van der Waals surface area contributed by atoms with E-state index in [4.69, 9.17) is 15.6 Å². The van der Waals surface area contributed by atoms with E-state index in [1.807, 2.05) is 55.5 Å². The number of hydrogen-bond donors (Lipinski definition) is 3. The molecular weight excluding hydrogens is 460 g/mol. The van der Waals surface area contributed by atoms with Crippen LogP contribution in [0.3, 0.4) is 0 Å². The molecule has 0 radical (unpaired) electrons. The lowest BCUT2D eigenvalue weighted by molar-refractivity contribution is -0.137. The molecule has 1 unspecified atom stereocenters. The van der Waals surface area contributed by atoms with E-state index in [0.29, 0.717) is 28.9 Å². The highest BCUT2D eigenvalue weighted by Crippen LogP contribution is 2.34. The number of carbonyl (C=O) groups excluding carboxylic acids is 1. The van der Waals surface area contributed by atoms with E-state index in [1.54, 1.807) is 11.6 Å². The van der Waals surface area contributed by atoms with Crippen molar-refractivity contribution >= 4 is 28.7 Å². The fourth-order valence-electron chi connectivity index (χ4n) is 3.83. The fraction of sp³-hybridized carbons (Fsp3) is 0.269. The summed E-state index contributed by atoms with van der Waals surface area (Å²) in [5, 5.41) is 17.4. The van der Waals surface area contributed by atoms with Crippen LogP contribution in [0.4, 0.5) is 5.82 Å². The molecule has 1 amide bonds. The minimum atomic E-state index is -0.934. The third-order valence-corrected chi connectivity index (χ3v) is 5.80. The van der Waals surface area contributed by atoms with Crippen LogP contribution in [0, 0.1) is 6.92 Å². The predicted molar refractivity (Wildman–Crippen MR) is 136 cm³/mol. The lowest BCUT2D eigenvalue weighted by Crippen LogP contribution is -2.31. The van der Waals surface area contributed by atoms with Crippen LogP contribution >= 0.6 is 0 Å². The molecule has 0 aliphatic rings. The first-order chi connectivity index (χ1) is 17.4. The third-order valence-electron chi connectivity index (χ3n) is 5.80. The van der Waals surface area contributed by atoms with Crippen LogP contribution in [-0.4, -0.2) is 43.3 Å². The van der Waals surface area contributed by atoms with Crippen LogP contribution in [0.1, 0.15) is 37.8 Å². The molecule has 0 aliphatic heterocycles. The van der Waals surface area contributed by atoms with Crippen molar-refractivity contribution in [3.63, 3.8) is 0 Å². The minimum absolute atomic E-state index is 0.0883. The number of amides is 1. The molecule has 0 aliphatic carbocycles. The summed E-state index contributed by atoms with van der Waals surface area (Å²) in [6, 6.07) is 14.7. The number of carbonyl (C=O) groups is 2. The molecule has 0 fully saturated rings. The molecule has 36 heavy (non-hydrogen) atoms. The van der Waals surface area contributed by atoms with Gasteiger partial charge in [0.15, 0.2) is 5.65 Å². The van der Waals surface area contributed by atoms with Crippen molar-refractivity contribution in [2.45, 2.75) is 39.2 Å². The Labute approximate surface area is 208 Å². The summed E-state index contributed by atoms with van der Waals surface area (Å²) in [4.78, 5) is 31.7. The van der Waals surface area contributed by atoms with Gasteiger partial charge in [-0.3, -0.25) is 9.59 Å². The summed E-state index contributed by atoms with van der Waals surface area (Å²) in [5.74, 6) is 0.589. The van der Waals surface area contributed by atoms with Gasteiger partial charge < -0.3 is 20.9 Å². The van der Waals surface area contributed by atoms with Gasteiger partial charge in [0.05, 0.1) is 11.4 Å². The van der Waals surface area contributed by atoms with Crippen molar-refractivity contribution in [2.24, 2.45) is 0 Å². The summed E-state index contributed by atoms with van der Waals surface area (Å²) < 4.78 is 7.56. The largest absolute Gasteiger partial charge is 0.481 e. The number of aryl methyl sites for hydroxylation is 1. The Bertz CT molecular complexity index is 1370. The Morgan fingerprint density at radius 1 is 1.08 bits per heavy atom. The number of nitrogens with one attached hydrogen (secondary N) is 1. The maximum Gasteiger partial charge on any atom is 0.303 e. The number of hydrogen-bond acceptors (Lipinski definition) is 7. The summed E-state index contributed by atoms with van der Waals surface area (Å²) in [7, 11) is 0. The van der Waals surface area contributed by atoms with Crippen molar-refractivity contribution in [1.82, 2.24) is 25.1 Å². The minimum Gasteiger partial charge on any atom is -0.481 e. The first-order valence-electron chi connectivity index (χ1n) is 11.7. The summed E-state index contributed by atoms with van der Waals surface area (Å²) >= 11 is 0. The Balaban J connectivity index is 1.69. The van der Waals surface area contributed by atoms with Gasteiger partial charge in [-0.05, 0) is 49.7 Å². The lowest BCUT2D eigenvalue weighted by atomic mass is 10.1. The quantitative estimate of drug-likeness (QED) is 0.302. The first-order valence-corrected chi connectivity index (χ1v) is 11.7. The molecule has 0 saturated heterocycles. The van der Waals surface area contributed by atoms with E-state index in [2.05, 4.69) is 15.3 Å². The van der Waals surface area contributed by atoms with Crippen LogP contribution in [0.15, 0.2) is 54.9 Å². The molecule has 1 atom stereocenters. The van der Waals surface area contributed by atoms with Crippen LogP contribution in [-0.2, 0) is 9.59 Å². The number of nitrogen functional groups attached to an aromatic ring is 1. The van der Waals surface area contributed by atoms with Crippen molar-refractivity contribution in [1.29, 1.82) is 0 Å². The summed E-state index contributed by atoms with van der Waals surface area (Å²) in [5.41, 5.74) is 9.18. The zero-order valence-electron chi connectivity index (χ0n) is 20.1. The average Bonchev–Trinajstić information content (AvgIpc) is 3.26. The third kappa shape index (κ3) is 5.60. The van der Waals surface area contributed by atoms with Crippen LogP contribution in [0.2, 0.25) is 0 Å². The molecule has 10 nitrogen and oxygen atoms in total. The number of anilines is 1. The Hall–Kier alpha value is -4.47. The number of nitrogens with zero attached hydrogens (tertiary/aromatic N) is 4. The molecule has 2 aromatic heterocycles. The van der Waals surface area contributed by atoms with E-state index in [1.165, 1.54) is 6.33 Å². The van der Waals surface area contributed by atoms with Gasteiger partial charge in [-0.1, -0.05) is 24.6 Å². The molecule has 2 aromatic carbocycles. The van der Waals surface area contributed by atoms with Crippen molar-refractivity contribution in [2.75, 3.05) is 12.3 Å². The van der Waals surface area contributed by atoms with Gasteiger partial charge in [-0.25, -0.2) is 14.6 Å². The number of rotatable bonds is 10. The van der Waals surface area contributed by atoms with E-state index in [0.717, 1.165) is 16.9 Å². The van der Waals surface area contributed by atoms with E-state index >= 15 is 0 Å². The van der Waals surface area contributed by atoms with E-state index < -0.39 is 12.0 Å². The van der Waals surface area contributed by atoms with Gasteiger partial charge in [0.2, 0.25) is 5.91 Å². The van der Waals surface area contributed by atoms with E-state index in [9.17, 15) is 14.7 Å². The SMILES string of the molecule is CCC(=O)NCC(CCC(=O)O)n1nc(-c2ccc(Oc3ccc(C)cc3)cc2)c2c(N)ncnc21. The maximum absolute atomic E-state index is 11.9. The van der Waals surface area contributed by atoms with Gasteiger partial charge in [0, 0.05) is 24.9 Å². The maximum atomic E-state index is 11.9. The van der Waals surface area contributed by atoms with Gasteiger partial charge in [0.1, 0.15) is 29.3 Å². The smallest absolute Gasteiger partial charge is 0.303 e. The van der Waals surface area contributed by atoms with Gasteiger partial charge >= 0.3 is 5.97 Å². The topological polar surface area (TPSA) is 145 Å². The zero-order valence-corrected chi connectivity index (χ0v) is 20.1. The molecule has 0 saturated carbocycles. The molecule has 4 N–H and O–H groups in total. The first kappa shape index (κ1) is 24.6. The molecule has 4 rings (SSSR count). The predicted octanol–water partition coefficient (Wildman–Crippen LogP) is 4.11. The Kier molecular flexibility index (Phi) is 7.43. The Morgan fingerprint density at radius 3 is 2.39 bits per heavy atom. The number of aromatic nitrogens is 4. The highest BCUT2D eigenvalue weighted by Gasteiger charge is 2.23. The standard InChI is InChI=1S/C26H28N6O4/c1-3-21(33)28-14-18(8-13-22(34)35)32-26-23(25(27)29-15-30-26)24(31-32)17-6-11-20(12-7-17)36-19-9-4-16(2)5-10-19/h4-7,9-12,15,18H,3,8,13-14H2,1-2H3,(H,28,33)(H,34,35)(H2,27,29,30). The van der Waals surface area contributed by atoms with E-state index in [-0.39, 0.29) is 31.1 Å². The van der Waals surface area contributed by atoms with Gasteiger partial charge in [-0.15, -0.1) is 0 Å². The normalized spacial score (nSPS) is 11.8. The number of benzene rings is 2. The number of carboxylic acids is 1. The monoisotopic (exact) mass is 488 g/mol. The molecule has 0 bridgehead atoms. The van der Waals surface area contributed by atoms with Crippen LogP contribution < -0.4 is 15.8 Å². The second-order valence-electron chi connectivity index (χ2n) is 8.43. The molecule has 0 spiro atoms. The molecule has 4 aromatic rings. The number of nitrogens with two attached hydrogens (primary N) is 1. The van der Waals surface area contributed by atoms with Gasteiger partial charge in [0.25, 0.3) is 0 Å². The van der Waals surface area contributed by atoms with Crippen LogP contribution in [0.5, 0.6) is 11.5 Å². The van der Waals surface area contributed by atoms with Crippen LogP contribution in [0.25, 0.3) is 22.3 Å². The number of ether oxygens (including phenoxy) is 1.